The van der Waals surface area contributed by atoms with Crippen LogP contribution in [0, 0.1) is 19.7 Å². The molecule has 1 saturated heterocycles. The summed E-state index contributed by atoms with van der Waals surface area (Å²) in [6, 6.07) is 11.0. The van der Waals surface area contributed by atoms with E-state index in [1.54, 1.807) is 6.07 Å². The standard InChI is InChI=1S/C38H51FN8O/c1-7-47(30-10-8-29(9-11-30)44(4)5)36-21-27(28-20-34(39)35(41-22-28)24-46-16-14-45(6)15-17-46)19-32-31(36)12-13-40-37(32)42-23-33-25(2)18-26(3)43-38(33)48/h12-13,18-22,29-30H,7-11,14-17,23-24H2,1-6H3,(H,40,42)(H,43,48). The third-order valence-corrected chi connectivity index (χ3v) is 10.5. The normalized spacial score (nSPS) is 19.2. The van der Waals surface area contributed by atoms with Crippen molar-refractivity contribution in [1.29, 1.82) is 0 Å². The molecule has 6 rings (SSSR count). The van der Waals surface area contributed by atoms with Gasteiger partial charge in [-0.3, -0.25) is 14.7 Å². The summed E-state index contributed by atoms with van der Waals surface area (Å²) in [4.78, 5) is 34.6. The van der Waals surface area contributed by atoms with Crippen LogP contribution in [0.25, 0.3) is 21.9 Å². The zero-order valence-corrected chi connectivity index (χ0v) is 29.4. The third kappa shape index (κ3) is 7.41. The smallest absolute Gasteiger partial charge is 0.253 e. The van der Waals surface area contributed by atoms with Gasteiger partial charge in [-0.2, -0.15) is 0 Å². The van der Waals surface area contributed by atoms with Crippen molar-refractivity contribution in [3.05, 3.63) is 81.4 Å². The van der Waals surface area contributed by atoms with Gasteiger partial charge in [-0.05, 0) is 109 Å². The first kappa shape index (κ1) is 34.0. The quantitative estimate of drug-likeness (QED) is 0.222. The van der Waals surface area contributed by atoms with Crippen molar-refractivity contribution in [2.75, 3.05) is 64.1 Å². The van der Waals surface area contributed by atoms with Crippen molar-refractivity contribution >= 4 is 22.3 Å². The molecule has 4 heterocycles. The summed E-state index contributed by atoms with van der Waals surface area (Å²) >= 11 is 0. The van der Waals surface area contributed by atoms with Gasteiger partial charge >= 0.3 is 0 Å². The molecule has 0 bridgehead atoms. The van der Waals surface area contributed by atoms with Crippen molar-refractivity contribution in [3.8, 4) is 11.1 Å². The third-order valence-electron chi connectivity index (χ3n) is 10.5. The Balaban J connectivity index is 1.38. The van der Waals surface area contributed by atoms with Crippen molar-refractivity contribution < 1.29 is 4.39 Å². The second kappa shape index (κ2) is 14.7. The van der Waals surface area contributed by atoms with Gasteiger partial charge < -0.3 is 25.0 Å². The predicted molar refractivity (Wildman–Crippen MR) is 194 cm³/mol. The number of nitrogens with one attached hydrogen (secondary N) is 2. The number of aryl methyl sites for hydroxylation is 2. The molecule has 2 fully saturated rings. The van der Waals surface area contributed by atoms with Crippen molar-refractivity contribution in [3.63, 3.8) is 0 Å². The van der Waals surface area contributed by atoms with E-state index in [1.165, 1.54) is 0 Å². The summed E-state index contributed by atoms with van der Waals surface area (Å²) in [7, 11) is 6.48. The number of anilines is 2. The van der Waals surface area contributed by atoms with Crippen LogP contribution < -0.4 is 15.8 Å². The number of rotatable bonds is 10. The van der Waals surface area contributed by atoms with Gasteiger partial charge in [0.25, 0.3) is 5.56 Å². The van der Waals surface area contributed by atoms with Gasteiger partial charge in [-0.1, -0.05) is 0 Å². The van der Waals surface area contributed by atoms with Crippen LogP contribution in [0.15, 0.2) is 47.5 Å². The predicted octanol–water partition coefficient (Wildman–Crippen LogP) is 5.80. The van der Waals surface area contributed by atoms with E-state index in [0.717, 1.165) is 97.3 Å². The number of piperazine rings is 1. The van der Waals surface area contributed by atoms with E-state index >= 15 is 4.39 Å². The zero-order chi connectivity index (χ0) is 33.9. The molecule has 2 N–H and O–H groups in total. The maximum absolute atomic E-state index is 15.7. The molecule has 9 nitrogen and oxygen atoms in total. The summed E-state index contributed by atoms with van der Waals surface area (Å²) in [6.45, 7) is 11.6. The Morgan fingerprint density at radius 1 is 0.958 bits per heavy atom. The number of pyridine rings is 3. The average Bonchev–Trinajstić information content (AvgIpc) is 3.06. The number of aromatic amines is 1. The van der Waals surface area contributed by atoms with Crippen molar-refractivity contribution in [1.82, 2.24) is 29.7 Å². The molecule has 48 heavy (non-hydrogen) atoms. The molecule has 1 aliphatic heterocycles. The number of hydrogen-bond acceptors (Lipinski definition) is 8. The average molecular weight is 655 g/mol. The highest BCUT2D eigenvalue weighted by Gasteiger charge is 2.28. The van der Waals surface area contributed by atoms with E-state index in [9.17, 15) is 4.79 Å². The molecule has 4 aromatic rings. The summed E-state index contributed by atoms with van der Waals surface area (Å²) in [6.07, 6.45) is 8.21. The molecule has 0 unspecified atom stereocenters. The number of benzene rings is 1. The minimum atomic E-state index is -0.277. The fourth-order valence-electron chi connectivity index (χ4n) is 7.55. The number of nitrogens with zero attached hydrogens (tertiary/aromatic N) is 6. The number of fused-ring (bicyclic) bond motifs is 1. The Labute approximate surface area is 284 Å². The summed E-state index contributed by atoms with van der Waals surface area (Å²) < 4.78 is 15.7. The van der Waals surface area contributed by atoms with Crippen molar-refractivity contribution in [2.24, 2.45) is 0 Å². The Morgan fingerprint density at radius 2 is 1.69 bits per heavy atom. The Kier molecular flexibility index (Phi) is 10.4. The Hall–Kier alpha value is -3.86. The first-order chi connectivity index (χ1) is 23.1. The van der Waals surface area contributed by atoms with Crippen LogP contribution in [0.2, 0.25) is 0 Å². The highest BCUT2D eigenvalue weighted by atomic mass is 19.1. The lowest BCUT2D eigenvalue weighted by molar-refractivity contribution is 0.145. The molecule has 10 heteroatoms. The molecule has 3 aromatic heterocycles. The highest BCUT2D eigenvalue weighted by molar-refractivity contribution is 6.03. The van der Waals surface area contributed by atoms with Gasteiger partial charge in [0.05, 0.1) is 5.69 Å². The van der Waals surface area contributed by atoms with E-state index in [0.29, 0.717) is 42.2 Å². The molecule has 1 aliphatic carbocycles. The first-order valence-electron chi connectivity index (χ1n) is 17.5. The second-order valence-corrected chi connectivity index (χ2v) is 14.0. The van der Waals surface area contributed by atoms with E-state index in [1.807, 2.05) is 32.3 Å². The van der Waals surface area contributed by atoms with Crippen LogP contribution >= 0.6 is 0 Å². The molecule has 2 aliphatic rings. The number of aromatic nitrogens is 3. The maximum atomic E-state index is 15.7. The summed E-state index contributed by atoms with van der Waals surface area (Å²) in [5, 5.41) is 5.51. The molecule has 0 atom stereocenters. The van der Waals surface area contributed by atoms with Gasteiger partial charge in [0.1, 0.15) is 11.6 Å². The molecule has 0 spiro atoms. The fraction of sp³-hybridized carbons (Fsp3) is 0.500. The van der Waals surface area contributed by atoms with Crippen LogP contribution in [0.4, 0.5) is 15.9 Å². The molecular formula is C38H51FN8O. The highest BCUT2D eigenvalue weighted by Crippen LogP contribution is 2.39. The van der Waals surface area contributed by atoms with Gasteiger partial charge in [-0.15, -0.1) is 0 Å². The SMILES string of the molecule is CCN(c1cc(-c2cnc(CN3CCN(C)CC3)c(F)c2)cc2c(NCc3c(C)cc(C)[nH]c3=O)nccc12)C1CCC(N(C)C)CC1. The van der Waals surface area contributed by atoms with Crippen molar-refractivity contribution in [2.45, 2.75) is 71.6 Å². The van der Waals surface area contributed by atoms with Gasteiger partial charge in [0.15, 0.2) is 0 Å². The van der Waals surface area contributed by atoms with Crippen LogP contribution in [0.1, 0.15) is 55.1 Å². The lowest BCUT2D eigenvalue weighted by Gasteiger charge is -2.40. The number of hydrogen-bond donors (Lipinski definition) is 2. The van der Waals surface area contributed by atoms with E-state index in [2.05, 4.69) is 81.2 Å². The van der Waals surface area contributed by atoms with Gasteiger partial charge in [0.2, 0.25) is 0 Å². The van der Waals surface area contributed by atoms with E-state index in [4.69, 9.17) is 4.98 Å². The maximum Gasteiger partial charge on any atom is 0.253 e. The Morgan fingerprint density at radius 3 is 2.35 bits per heavy atom. The van der Waals surface area contributed by atoms with Crippen LogP contribution in [-0.4, -0.2) is 95.6 Å². The topological polar surface area (TPSA) is 83.6 Å². The number of halogens is 1. The molecule has 256 valence electrons. The fourth-order valence-corrected chi connectivity index (χ4v) is 7.55. The summed E-state index contributed by atoms with van der Waals surface area (Å²) in [5.74, 6) is 0.420. The van der Waals surface area contributed by atoms with E-state index in [-0.39, 0.29) is 11.4 Å². The Bertz CT molecular complexity index is 1790. The molecular weight excluding hydrogens is 603 g/mol. The zero-order valence-electron chi connectivity index (χ0n) is 29.4. The largest absolute Gasteiger partial charge is 0.368 e. The van der Waals surface area contributed by atoms with Crippen LogP contribution in [-0.2, 0) is 13.1 Å². The van der Waals surface area contributed by atoms with Gasteiger partial charge in [0, 0.05) is 104 Å². The summed E-state index contributed by atoms with van der Waals surface area (Å²) in [5.41, 5.74) is 5.62. The molecule has 0 amide bonds. The van der Waals surface area contributed by atoms with Gasteiger partial charge in [-0.25, -0.2) is 9.37 Å². The first-order valence-corrected chi connectivity index (χ1v) is 17.5. The molecule has 1 saturated carbocycles. The van der Waals surface area contributed by atoms with E-state index < -0.39 is 0 Å². The lowest BCUT2D eigenvalue weighted by atomic mass is 9.88. The lowest BCUT2D eigenvalue weighted by Crippen LogP contribution is -2.44. The monoisotopic (exact) mass is 654 g/mol. The van der Waals surface area contributed by atoms with Crippen LogP contribution in [0.5, 0.6) is 0 Å². The second-order valence-electron chi connectivity index (χ2n) is 14.0. The molecule has 0 radical (unpaired) electrons. The van der Waals surface area contributed by atoms with Crippen LogP contribution in [0.3, 0.4) is 0 Å². The number of H-pyrrole nitrogens is 1. The number of likely N-dealkylation sites (N-methyl/N-ethyl adjacent to an activating group) is 1. The minimum Gasteiger partial charge on any atom is -0.368 e. The molecule has 1 aromatic carbocycles. The minimum absolute atomic E-state index is 0.0923.